The van der Waals surface area contributed by atoms with Crippen molar-refractivity contribution in [2.24, 2.45) is 0 Å². The molecule has 1 saturated heterocycles. The van der Waals surface area contributed by atoms with Crippen molar-refractivity contribution in [1.82, 2.24) is 10.6 Å². The highest BCUT2D eigenvalue weighted by Crippen LogP contribution is 2.24. The molecule has 8 heteroatoms. The molecule has 0 bridgehead atoms. The topological polar surface area (TPSA) is 103 Å². The molecule has 21 heavy (non-hydrogen) atoms. The second-order valence-corrected chi connectivity index (χ2v) is 4.55. The van der Waals surface area contributed by atoms with Gasteiger partial charge in [0, 0.05) is 25.7 Å². The van der Waals surface area contributed by atoms with Crippen molar-refractivity contribution in [2.45, 2.75) is 6.10 Å². The van der Waals surface area contributed by atoms with Gasteiger partial charge in [-0.15, -0.1) is 0 Å². The maximum Gasteiger partial charge on any atom is 0.273 e. The van der Waals surface area contributed by atoms with Crippen LogP contribution in [0.4, 0.5) is 5.69 Å². The van der Waals surface area contributed by atoms with Gasteiger partial charge in [0.15, 0.2) is 0 Å². The Kier molecular flexibility index (Phi) is 5.07. The first kappa shape index (κ1) is 15.2. The van der Waals surface area contributed by atoms with E-state index < -0.39 is 4.92 Å². The molecule has 0 aromatic heterocycles. The van der Waals surface area contributed by atoms with E-state index in [0.717, 1.165) is 6.54 Å². The molecular weight excluding hydrogens is 278 g/mol. The highest BCUT2D eigenvalue weighted by molar-refractivity contribution is 5.97. The molecule has 1 aliphatic heterocycles. The first-order valence-electron chi connectivity index (χ1n) is 6.54. The van der Waals surface area contributed by atoms with Gasteiger partial charge in [0.2, 0.25) is 0 Å². The van der Waals surface area contributed by atoms with Crippen molar-refractivity contribution < 1.29 is 19.2 Å². The number of nitrogens with zero attached hydrogens (tertiary/aromatic N) is 1. The molecule has 1 heterocycles. The standard InChI is InChI=1S/C13H17N3O5/c1-20-12-6-9(16(18)19)2-3-11(12)13(17)15-8-10-7-14-4-5-21-10/h2-3,6,10,14H,4-5,7-8H2,1H3,(H,15,17). The molecular formula is C13H17N3O5. The molecule has 0 spiro atoms. The molecule has 114 valence electrons. The summed E-state index contributed by atoms with van der Waals surface area (Å²) in [4.78, 5) is 22.3. The van der Waals surface area contributed by atoms with Crippen LogP contribution in [-0.4, -0.2) is 50.3 Å². The fourth-order valence-corrected chi connectivity index (χ4v) is 2.03. The average Bonchev–Trinajstić information content (AvgIpc) is 2.52. The Morgan fingerprint density at radius 1 is 1.62 bits per heavy atom. The predicted molar refractivity (Wildman–Crippen MR) is 74.6 cm³/mol. The number of hydrogen-bond acceptors (Lipinski definition) is 6. The zero-order valence-corrected chi connectivity index (χ0v) is 11.6. The molecule has 0 radical (unpaired) electrons. The number of nitro groups is 1. The Balaban J connectivity index is 2.02. The first-order valence-corrected chi connectivity index (χ1v) is 6.54. The number of nitro benzene ring substituents is 1. The van der Waals surface area contributed by atoms with Crippen molar-refractivity contribution in [3.05, 3.63) is 33.9 Å². The zero-order chi connectivity index (χ0) is 15.2. The SMILES string of the molecule is COc1cc([N+](=O)[O-])ccc1C(=O)NCC1CNCCO1. The predicted octanol–water partition coefficient (Wildman–Crippen LogP) is 0.322. The fraction of sp³-hybridized carbons (Fsp3) is 0.462. The van der Waals surface area contributed by atoms with Crippen molar-refractivity contribution in [3.8, 4) is 5.75 Å². The van der Waals surface area contributed by atoms with Crippen molar-refractivity contribution in [3.63, 3.8) is 0 Å². The summed E-state index contributed by atoms with van der Waals surface area (Å²) >= 11 is 0. The lowest BCUT2D eigenvalue weighted by molar-refractivity contribution is -0.384. The minimum Gasteiger partial charge on any atom is -0.496 e. The number of hydrogen-bond donors (Lipinski definition) is 2. The molecule has 1 amide bonds. The number of morpholine rings is 1. The molecule has 1 atom stereocenters. The normalized spacial score (nSPS) is 18.0. The highest BCUT2D eigenvalue weighted by atomic mass is 16.6. The lowest BCUT2D eigenvalue weighted by Gasteiger charge is -2.23. The zero-order valence-electron chi connectivity index (χ0n) is 11.6. The van der Waals surface area contributed by atoms with Gasteiger partial charge < -0.3 is 20.1 Å². The molecule has 8 nitrogen and oxygen atoms in total. The molecule has 1 aliphatic rings. The maximum atomic E-state index is 12.1. The van der Waals surface area contributed by atoms with Crippen molar-refractivity contribution in [2.75, 3.05) is 33.4 Å². The largest absolute Gasteiger partial charge is 0.496 e. The van der Waals surface area contributed by atoms with Gasteiger partial charge in [-0.05, 0) is 6.07 Å². The van der Waals surface area contributed by atoms with E-state index >= 15 is 0 Å². The number of carbonyl (C=O) groups excluding carboxylic acids is 1. The van der Waals surface area contributed by atoms with Crippen LogP contribution in [0.5, 0.6) is 5.75 Å². The van der Waals surface area contributed by atoms with Gasteiger partial charge in [-0.3, -0.25) is 14.9 Å². The van der Waals surface area contributed by atoms with Crippen molar-refractivity contribution in [1.29, 1.82) is 0 Å². The molecule has 2 N–H and O–H groups in total. The Bertz CT molecular complexity index is 529. The third-order valence-corrected chi connectivity index (χ3v) is 3.14. The molecule has 1 fully saturated rings. The van der Waals surface area contributed by atoms with E-state index in [4.69, 9.17) is 9.47 Å². The second kappa shape index (κ2) is 7.00. The van der Waals surface area contributed by atoms with Crippen LogP contribution in [-0.2, 0) is 4.74 Å². The Labute approximate surface area is 121 Å². The van der Waals surface area contributed by atoms with E-state index in [1.54, 1.807) is 0 Å². The highest BCUT2D eigenvalue weighted by Gasteiger charge is 2.19. The number of ether oxygens (including phenoxy) is 2. The summed E-state index contributed by atoms with van der Waals surface area (Å²) in [6.45, 7) is 2.46. The van der Waals surface area contributed by atoms with E-state index in [9.17, 15) is 14.9 Å². The third-order valence-electron chi connectivity index (χ3n) is 3.14. The van der Waals surface area contributed by atoms with Crippen LogP contribution >= 0.6 is 0 Å². The lowest BCUT2D eigenvalue weighted by Crippen LogP contribution is -2.45. The average molecular weight is 295 g/mol. The maximum absolute atomic E-state index is 12.1. The lowest BCUT2D eigenvalue weighted by atomic mass is 10.1. The van der Waals surface area contributed by atoms with Gasteiger partial charge in [-0.25, -0.2) is 0 Å². The quantitative estimate of drug-likeness (QED) is 0.599. The van der Waals surface area contributed by atoms with Crippen LogP contribution in [0.25, 0.3) is 0 Å². The summed E-state index contributed by atoms with van der Waals surface area (Å²) in [6, 6.07) is 3.88. The van der Waals surface area contributed by atoms with Gasteiger partial charge in [0.25, 0.3) is 11.6 Å². The van der Waals surface area contributed by atoms with Crippen LogP contribution in [0.2, 0.25) is 0 Å². The summed E-state index contributed by atoms with van der Waals surface area (Å²) < 4.78 is 10.5. The summed E-state index contributed by atoms with van der Waals surface area (Å²) in [5.74, 6) is -0.180. The third kappa shape index (κ3) is 3.89. The van der Waals surface area contributed by atoms with Crippen LogP contribution in [0.1, 0.15) is 10.4 Å². The van der Waals surface area contributed by atoms with E-state index in [1.807, 2.05) is 0 Å². The smallest absolute Gasteiger partial charge is 0.273 e. The molecule has 2 rings (SSSR count). The molecule has 0 aliphatic carbocycles. The summed E-state index contributed by atoms with van der Waals surface area (Å²) in [5, 5.41) is 16.6. The Morgan fingerprint density at radius 3 is 3.05 bits per heavy atom. The van der Waals surface area contributed by atoms with E-state index in [-0.39, 0.29) is 29.0 Å². The van der Waals surface area contributed by atoms with Gasteiger partial charge in [0.05, 0.1) is 36.4 Å². The summed E-state index contributed by atoms with van der Waals surface area (Å²) in [6.07, 6.45) is -0.0771. The van der Waals surface area contributed by atoms with Crippen LogP contribution in [0, 0.1) is 10.1 Å². The van der Waals surface area contributed by atoms with E-state index in [2.05, 4.69) is 10.6 Å². The molecule has 1 aromatic carbocycles. The van der Waals surface area contributed by atoms with Crippen molar-refractivity contribution >= 4 is 11.6 Å². The number of benzene rings is 1. The van der Waals surface area contributed by atoms with Crippen LogP contribution < -0.4 is 15.4 Å². The monoisotopic (exact) mass is 295 g/mol. The van der Waals surface area contributed by atoms with Crippen LogP contribution in [0.15, 0.2) is 18.2 Å². The Morgan fingerprint density at radius 2 is 2.43 bits per heavy atom. The number of nitrogens with one attached hydrogen (secondary N) is 2. The minimum absolute atomic E-state index is 0.0771. The number of amides is 1. The second-order valence-electron chi connectivity index (χ2n) is 4.55. The van der Waals surface area contributed by atoms with Gasteiger partial charge >= 0.3 is 0 Å². The van der Waals surface area contributed by atoms with Gasteiger partial charge in [0.1, 0.15) is 5.75 Å². The summed E-state index contributed by atoms with van der Waals surface area (Å²) in [5.41, 5.74) is 0.134. The molecule has 1 unspecified atom stereocenters. The van der Waals surface area contributed by atoms with Gasteiger partial charge in [-0.2, -0.15) is 0 Å². The van der Waals surface area contributed by atoms with E-state index in [1.165, 1.54) is 25.3 Å². The van der Waals surface area contributed by atoms with Gasteiger partial charge in [-0.1, -0.05) is 0 Å². The number of non-ortho nitro benzene ring substituents is 1. The minimum atomic E-state index is -0.536. The number of methoxy groups -OCH3 is 1. The summed E-state index contributed by atoms with van der Waals surface area (Å²) in [7, 11) is 1.37. The number of rotatable bonds is 5. The first-order chi connectivity index (χ1) is 10.1. The number of carbonyl (C=O) groups is 1. The van der Waals surface area contributed by atoms with E-state index in [0.29, 0.717) is 19.7 Å². The molecule has 0 saturated carbocycles. The van der Waals surface area contributed by atoms with Crippen LogP contribution in [0.3, 0.4) is 0 Å². The fourth-order valence-electron chi connectivity index (χ4n) is 2.03. The molecule has 1 aromatic rings. The Hall–Kier alpha value is -2.19.